The minimum absolute atomic E-state index is 0.130. The van der Waals surface area contributed by atoms with E-state index in [9.17, 15) is 8.78 Å². The summed E-state index contributed by atoms with van der Waals surface area (Å²) in [5.74, 6) is 0. The number of rotatable bonds is 1. The van der Waals surface area contributed by atoms with Gasteiger partial charge in [0, 0.05) is 21.3 Å². The first-order chi connectivity index (χ1) is 6.59. The highest BCUT2D eigenvalue weighted by Gasteiger charge is 2.18. The Labute approximate surface area is 97.1 Å². The van der Waals surface area contributed by atoms with Gasteiger partial charge in [0.1, 0.15) is 0 Å². The third-order valence-corrected chi connectivity index (χ3v) is 4.12. The molecule has 0 bridgehead atoms. The van der Waals surface area contributed by atoms with Crippen molar-refractivity contribution >= 4 is 49.7 Å². The second kappa shape index (κ2) is 3.62. The van der Waals surface area contributed by atoms with Gasteiger partial charge in [-0.2, -0.15) is 0 Å². The van der Waals surface area contributed by atoms with Gasteiger partial charge in [-0.3, -0.25) is 0 Å². The van der Waals surface area contributed by atoms with Crippen molar-refractivity contribution in [3.05, 3.63) is 26.6 Å². The number of anilines is 1. The third kappa shape index (κ3) is 1.58. The van der Waals surface area contributed by atoms with Gasteiger partial charge in [0.2, 0.25) is 0 Å². The maximum Gasteiger partial charge on any atom is 0.266 e. The van der Waals surface area contributed by atoms with Crippen LogP contribution in [-0.2, 0) is 0 Å². The lowest BCUT2D eigenvalue weighted by Gasteiger charge is -1.98. The zero-order valence-corrected chi connectivity index (χ0v) is 9.90. The Balaban J connectivity index is 2.77. The average molecular weight is 325 g/mol. The van der Waals surface area contributed by atoms with E-state index in [-0.39, 0.29) is 5.56 Å². The smallest absolute Gasteiger partial charge is 0.266 e. The Morgan fingerprint density at radius 1 is 1.36 bits per heavy atom. The van der Waals surface area contributed by atoms with E-state index in [0.717, 1.165) is 4.70 Å². The summed E-state index contributed by atoms with van der Waals surface area (Å²) >= 11 is 3.29. The molecule has 0 aliphatic rings. The molecule has 0 aliphatic heterocycles. The Bertz CT molecular complexity index is 481. The van der Waals surface area contributed by atoms with Gasteiger partial charge in [-0.1, -0.05) is 6.07 Å². The number of fused-ring (bicyclic) bond motifs is 1. The molecule has 0 unspecified atom stereocenters. The van der Waals surface area contributed by atoms with Crippen molar-refractivity contribution in [1.82, 2.24) is 0 Å². The van der Waals surface area contributed by atoms with Crippen LogP contribution in [0.25, 0.3) is 10.1 Å². The van der Waals surface area contributed by atoms with Crippen molar-refractivity contribution in [2.75, 3.05) is 5.73 Å². The van der Waals surface area contributed by atoms with E-state index in [2.05, 4.69) is 0 Å². The van der Waals surface area contributed by atoms with Gasteiger partial charge in [0.25, 0.3) is 6.43 Å². The van der Waals surface area contributed by atoms with Crippen LogP contribution in [0, 0.1) is 2.88 Å². The van der Waals surface area contributed by atoms with Crippen molar-refractivity contribution in [3.8, 4) is 0 Å². The number of nitrogen functional groups attached to an aromatic ring is 1. The molecule has 1 heterocycles. The number of thiophene rings is 1. The molecule has 2 rings (SSSR count). The molecular formula is C9H6F2INS. The molecule has 1 aromatic heterocycles. The van der Waals surface area contributed by atoms with E-state index in [1.165, 1.54) is 11.3 Å². The minimum Gasteiger partial charge on any atom is -0.399 e. The summed E-state index contributed by atoms with van der Waals surface area (Å²) < 4.78 is 26.8. The Morgan fingerprint density at radius 2 is 2.07 bits per heavy atom. The molecule has 2 N–H and O–H groups in total. The zero-order chi connectivity index (χ0) is 10.3. The Morgan fingerprint density at radius 3 is 2.71 bits per heavy atom. The van der Waals surface area contributed by atoms with Crippen LogP contribution in [-0.4, -0.2) is 0 Å². The molecule has 2 aromatic rings. The van der Waals surface area contributed by atoms with Gasteiger partial charge in [0.15, 0.2) is 0 Å². The van der Waals surface area contributed by atoms with E-state index < -0.39 is 6.43 Å². The highest BCUT2D eigenvalue weighted by molar-refractivity contribution is 14.1. The molecule has 0 atom stereocenters. The average Bonchev–Trinajstić information content (AvgIpc) is 2.39. The molecule has 0 saturated heterocycles. The number of benzene rings is 1. The van der Waals surface area contributed by atoms with Crippen LogP contribution >= 0.6 is 33.9 Å². The van der Waals surface area contributed by atoms with Crippen molar-refractivity contribution < 1.29 is 8.78 Å². The van der Waals surface area contributed by atoms with Gasteiger partial charge in [-0.15, -0.1) is 11.3 Å². The van der Waals surface area contributed by atoms with Crippen molar-refractivity contribution in [1.29, 1.82) is 0 Å². The second-order valence-electron chi connectivity index (χ2n) is 2.85. The highest BCUT2D eigenvalue weighted by atomic mass is 127. The van der Waals surface area contributed by atoms with Crippen molar-refractivity contribution in [2.24, 2.45) is 0 Å². The number of nitrogens with two attached hydrogens (primary N) is 1. The normalized spacial score (nSPS) is 11.4. The van der Waals surface area contributed by atoms with Gasteiger partial charge >= 0.3 is 0 Å². The summed E-state index contributed by atoms with van der Waals surface area (Å²) in [6, 6.07) is 5.04. The molecule has 0 fully saturated rings. The standard InChI is InChI=1S/C9H6F2INS/c10-8(11)7-5-2-1-4(13)3-6(5)14-9(7)12/h1-3,8H,13H2. The van der Waals surface area contributed by atoms with Crippen LogP contribution in [0.1, 0.15) is 12.0 Å². The molecule has 5 heteroatoms. The molecule has 0 radical (unpaired) electrons. The van der Waals surface area contributed by atoms with Gasteiger partial charge in [0.05, 0.1) is 2.88 Å². The summed E-state index contributed by atoms with van der Waals surface area (Å²) in [5, 5.41) is 0.614. The number of alkyl halides is 2. The maximum atomic E-state index is 12.7. The predicted octanol–water partition coefficient (Wildman–Crippen LogP) is 4.03. The number of halogens is 3. The van der Waals surface area contributed by atoms with Gasteiger partial charge in [-0.25, -0.2) is 8.78 Å². The predicted molar refractivity (Wildman–Crippen MR) is 63.9 cm³/mol. The molecule has 0 aliphatic carbocycles. The molecule has 74 valence electrons. The highest BCUT2D eigenvalue weighted by Crippen LogP contribution is 2.38. The van der Waals surface area contributed by atoms with Crippen LogP contribution in [0.3, 0.4) is 0 Å². The first-order valence-electron chi connectivity index (χ1n) is 3.85. The van der Waals surface area contributed by atoms with Crippen LogP contribution in [0.4, 0.5) is 14.5 Å². The lowest BCUT2D eigenvalue weighted by Crippen LogP contribution is -1.85. The monoisotopic (exact) mass is 325 g/mol. The van der Waals surface area contributed by atoms with Crippen LogP contribution in [0.5, 0.6) is 0 Å². The lowest BCUT2D eigenvalue weighted by atomic mass is 10.2. The van der Waals surface area contributed by atoms with Crippen LogP contribution in [0.2, 0.25) is 0 Å². The Kier molecular flexibility index (Phi) is 2.61. The largest absolute Gasteiger partial charge is 0.399 e. The summed E-state index contributed by atoms with van der Waals surface area (Å²) in [6.45, 7) is 0. The molecule has 1 nitrogen and oxygen atoms in total. The zero-order valence-electron chi connectivity index (χ0n) is 6.93. The van der Waals surface area contributed by atoms with E-state index in [1.807, 2.05) is 22.6 Å². The first kappa shape index (κ1) is 10.1. The molecule has 0 amide bonds. The van der Waals surface area contributed by atoms with Crippen molar-refractivity contribution in [2.45, 2.75) is 6.43 Å². The number of hydrogen-bond acceptors (Lipinski definition) is 2. The summed E-state index contributed by atoms with van der Waals surface area (Å²) in [6.07, 6.45) is -2.42. The fourth-order valence-corrected chi connectivity index (χ4v) is 3.53. The SMILES string of the molecule is Nc1ccc2c(C(F)F)c(I)sc2c1. The van der Waals surface area contributed by atoms with Gasteiger partial charge < -0.3 is 5.73 Å². The van der Waals surface area contributed by atoms with E-state index in [4.69, 9.17) is 5.73 Å². The van der Waals surface area contributed by atoms with Gasteiger partial charge in [-0.05, 0) is 34.7 Å². The molecular weight excluding hydrogens is 319 g/mol. The molecule has 0 saturated carbocycles. The van der Waals surface area contributed by atoms with Crippen molar-refractivity contribution in [3.63, 3.8) is 0 Å². The molecule has 14 heavy (non-hydrogen) atoms. The minimum atomic E-state index is -2.42. The molecule has 1 aromatic carbocycles. The summed E-state index contributed by atoms with van der Waals surface area (Å²) in [7, 11) is 0. The summed E-state index contributed by atoms with van der Waals surface area (Å²) in [4.78, 5) is 0. The lowest BCUT2D eigenvalue weighted by molar-refractivity contribution is 0.152. The van der Waals surface area contributed by atoms with Crippen LogP contribution in [0.15, 0.2) is 18.2 Å². The van der Waals surface area contributed by atoms with E-state index >= 15 is 0 Å². The Hall–Kier alpha value is -0.430. The van der Waals surface area contributed by atoms with E-state index in [0.29, 0.717) is 14.0 Å². The first-order valence-corrected chi connectivity index (χ1v) is 5.74. The molecule has 0 spiro atoms. The van der Waals surface area contributed by atoms with Crippen LogP contribution < -0.4 is 5.73 Å². The second-order valence-corrected chi connectivity index (χ2v) is 5.71. The third-order valence-electron chi connectivity index (χ3n) is 1.93. The number of hydrogen-bond donors (Lipinski definition) is 1. The fraction of sp³-hybridized carbons (Fsp3) is 0.111. The fourth-order valence-electron chi connectivity index (χ4n) is 1.31. The maximum absolute atomic E-state index is 12.7. The van der Waals surface area contributed by atoms with E-state index in [1.54, 1.807) is 18.2 Å². The summed E-state index contributed by atoms with van der Waals surface area (Å²) in [5.41, 5.74) is 6.31. The topological polar surface area (TPSA) is 26.0 Å². The quantitative estimate of drug-likeness (QED) is 0.622.